The first-order valence-electron chi connectivity index (χ1n) is 46.1. The second-order valence-corrected chi connectivity index (χ2v) is 35.4. The second kappa shape index (κ2) is 81.6. The van der Waals surface area contributed by atoms with Crippen LogP contribution in [0, 0.1) is 5.92 Å². The zero-order chi connectivity index (χ0) is 79.0. The number of hydrogen-bond donors (Lipinski definition) is 3. The van der Waals surface area contributed by atoms with Crippen LogP contribution in [0.1, 0.15) is 484 Å². The zero-order valence-electron chi connectivity index (χ0n) is 71.0. The summed E-state index contributed by atoms with van der Waals surface area (Å²) in [7, 11) is -9.93. The summed E-state index contributed by atoms with van der Waals surface area (Å²) in [5, 5.41) is 10.7. The average Bonchev–Trinajstić information content (AvgIpc) is 0.897. The summed E-state index contributed by atoms with van der Waals surface area (Å²) in [6.07, 6.45) is 76.3. The Hall–Kier alpha value is -1.94. The Morgan fingerprint density at radius 1 is 0.250 bits per heavy atom. The molecule has 0 rings (SSSR count). The Labute approximate surface area is 664 Å². The molecule has 0 aliphatic heterocycles. The fourth-order valence-electron chi connectivity index (χ4n) is 14.0. The number of hydrogen-bond acceptors (Lipinski definition) is 15. The summed E-state index contributed by atoms with van der Waals surface area (Å²) >= 11 is 0. The molecule has 108 heavy (non-hydrogen) atoms. The molecule has 5 atom stereocenters. The highest BCUT2D eigenvalue weighted by Crippen LogP contribution is 2.45. The van der Waals surface area contributed by atoms with Crippen molar-refractivity contribution >= 4 is 39.5 Å². The smallest absolute Gasteiger partial charge is 0.462 e. The molecule has 0 heterocycles. The van der Waals surface area contributed by atoms with Crippen LogP contribution < -0.4 is 0 Å². The van der Waals surface area contributed by atoms with Gasteiger partial charge in [-0.25, -0.2) is 9.13 Å². The summed E-state index contributed by atoms with van der Waals surface area (Å²) in [5.41, 5.74) is 0. The number of esters is 4. The maximum Gasteiger partial charge on any atom is 0.472 e. The third-order valence-corrected chi connectivity index (χ3v) is 22.9. The number of aliphatic hydroxyl groups excluding tert-OH is 1. The van der Waals surface area contributed by atoms with Gasteiger partial charge < -0.3 is 33.8 Å². The number of rotatable bonds is 89. The highest BCUT2D eigenvalue weighted by Gasteiger charge is 2.30. The number of ether oxygens (including phenoxy) is 4. The van der Waals surface area contributed by atoms with Crippen molar-refractivity contribution in [2.24, 2.45) is 5.92 Å². The van der Waals surface area contributed by atoms with E-state index < -0.39 is 97.5 Å². The molecule has 0 spiro atoms. The third kappa shape index (κ3) is 82.1. The van der Waals surface area contributed by atoms with Crippen LogP contribution in [0.5, 0.6) is 0 Å². The molecule has 0 bridgehead atoms. The van der Waals surface area contributed by atoms with E-state index in [0.717, 1.165) is 95.8 Å². The summed E-state index contributed by atoms with van der Waals surface area (Å²) in [6, 6.07) is 0. The lowest BCUT2D eigenvalue weighted by atomic mass is 10.0. The first-order chi connectivity index (χ1) is 52.5. The Bertz CT molecular complexity index is 2050. The third-order valence-electron chi connectivity index (χ3n) is 21.0. The van der Waals surface area contributed by atoms with E-state index in [-0.39, 0.29) is 25.7 Å². The number of carbonyl (C=O) groups is 4. The maximum atomic E-state index is 13.2. The molecule has 0 aromatic heterocycles. The van der Waals surface area contributed by atoms with Crippen LogP contribution in [0.15, 0.2) is 0 Å². The van der Waals surface area contributed by atoms with E-state index in [1.54, 1.807) is 0 Å². The van der Waals surface area contributed by atoms with Crippen LogP contribution in [0.2, 0.25) is 0 Å². The van der Waals surface area contributed by atoms with Crippen molar-refractivity contribution in [1.82, 2.24) is 0 Å². The van der Waals surface area contributed by atoms with Gasteiger partial charge in [-0.15, -0.1) is 0 Å². The lowest BCUT2D eigenvalue weighted by Crippen LogP contribution is -2.30. The average molecular weight is 1580 g/mol. The van der Waals surface area contributed by atoms with E-state index in [1.165, 1.54) is 308 Å². The molecule has 0 amide bonds. The number of carbonyl (C=O) groups excluding carboxylic acids is 4. The first kappa shape index (κ1) is 106. The van der Waals surface area contributed by atoms with Gasteiger partial charge in [-0.3, -0.25) is 37.3 Å². The van der Waals surface area contributed by atoms with Gasteiger partial charge in [0.2, 0.25) is 0 Å². The minimum absolute atomic E-state index is 0.109. The molecule has 3 N–H and O–H groups in total. The van der Waals surface area contributed by atoms with Gasteiger partial charge in [0, 0.05) is 25.7 Å². The van der Waals surface area contributed by atoms with Crippen LogP contribution in [-0.4, -0.2) is 96.7 Å². The topological polar surface area (TPSA) is 237 Å². The minimum Gasteiger partial charge on any atom is -0.462 e. The highest BCUT2D eigenvalue weighted by atomic mass is 31.2. The summed E-state index contributed by atoms with van der Waals surface area (Å²) in [4.78, 5) is 73.4. The first-order valence-corrected chi connectivity index (χ1v) is 49.1. The number of phosphoric acid groups is 2. The quantitative estimate of drug-likeness (QED) is 0.0222. The van der Waals surface area contributed by atoms with Crippen molar-refractivity contribution in [2.75, 3.05) is 39.6 Å². The van der Waals surface area contributed by atoms with Crippen molar-refractivity contribution < 1.29 is 80.2 Å². The molecular formula is C89H174O17P2. The molecule has 0 aliphatic rings. The van der Waals surface area contributed by atoms with Gasteiger partial charge in [0.25, 0.3) is 0 Å². The molecule has 0 aromatic rings. The van der Waals surface area contributed by atoms with Gasteiger partial charge in [0.1, 0.15) is 19.3 Å². The lowest BCUT2D eigenvalue weighted by molar-refractivity contribution is -0.161. The van der Waals surface area contributed by atoms with Gasteiger partial charge in [0.15, 0.2) is 12.2 Å². The van der Waals surface area contributed by atoms with E-state index in [2.05, 4.69) is 34.6 Å². The Morgan fingerprint density at radius 2 is 0.426 bits per heavy atom. The Kier molecular flexibility index (Phi) is 80.2. The fraction of sp³-hybridized carbons (Fsp3) is 0.955. The number of unbranched alkanes of at least 4 members (excludes halogenated alkanes) is 61. The molecule has 2 unspecified atom stereocenters. The van der Waals surface area contributed by atoms with E-state index >= 15 is 0 Å². The van der Waals surface area contributed by atoms with Gasteiger partial charge in [-0.2, -0.15) is 0 Å². The van der Waals surface area contributed by atoms with Crippen LogP contribution in [-0.2, 0) is 65.4 Å². The van der Waals surface area contributed by atoms with Crippen molar-refractivity contribution in [1.29, 1.82) is 0 Å². The van der Waals surface area contributed by atoms with Gasteiger partial charge in [0.05, 0.1) is 26.4 Å². The molecule has 0 fully saturated rings. The van der Waals surface area contributed by atoms with Crippen LogP contribution >= 0.6 is 15.6 Å². The fourth-order valence-corrected chi connectivity index (χ4v) is 15.6. The molecule has 0 saturated heterocycles. The molecule has 0 aliphatic carbocycles. The normalized spacial score (nSPS) is 13.7. The van der Waals surface area contributed by atoms with E-state index in [9.17, 15) is 43.2 Å². The van der Waals surface area contributed by atoms with Crippen molar-refractivity contribution in [3.63, 3.8) is 0 Å². The second-order valence-electron chi connectivity index (χ2n) is 32.5. The molecule has 0 saturated carbocycles. The SMILES string of the molecule is CCCCCCCCCCCCCCCCCCCCCCCCC(=O)O[C@H](COC(=O)CCCCCCCCCCCCCCCCC(C)C)COP(=O)(O)OC[C@@H](O)COP(=O)(O)OC[C@@H](COC(=O)CCCCCCCCCCCCCCC)OC(=O)CCCCCCCCCCCCCCCCCC. The Balaban J connectivity index is 5.25. The van der Waals surface area contributed by atoms with E-state index in [4.69, 9.17) is 37.0 Å². The molecule has 642 valence electrons. The van der Waals surface area contributed by atoms with Crippen LogP contribution in [0.25, 0.3) is 0 Å². The van der Waals surface area contributed by atoms with Crippen molar-refractivity contribution in [3.05, 3.63) is 0 Å². The molecule has 17 nitrogen and oxygen atoms in total. The monoisotopic (exact) mass is 1580 g/mol. The number of aliphatic hydroxyl groups is 1. The lowest BCUT2D eigenvalue weighted by Gasteiger charge is -2.21. The number of phosphoric ester groups is 2. The van der Waals surface area contributed by atoms with Crippen molar-refractivity contribution in [2.45, 2.75) is 502 Å². The summed E-state index contributed by atoms with van der Waals surface area (Å²) in [6.45, 7) is 7.41. The molecule has 0 aromatic carbocycles. The summed E-state index contributed by atoms with van der Waals surface area (Å²) in [5.74, 6) is -1.29. The standard InChI is InChI=1S/C89H174O17P2/c1-6-9-12-15-18-21-24-27-29-31-32-33-34-35-36-38-45-50-55-60-65-70-75-89(94)106-85(79-100-87(92)73-68-63-58-53-48-43-40-39-42-46-51-56-61-66-71-82(4)5)81-104-108(97,98)102-77-83(90)76-101-107(95,96)103-80-84(78-99-86(91)72-67-62-57-52-47-41-26-23-20-17-14-11-8-3)105-88(93)74-69-64-59-54-49-44-37-30-28-25-22-19-16-13-10-7-2/h82-85,90H,6-81H2,1-5H3,(H,95,96)(H,97,98)/t83-,84+,85+/m0/s1. The largest absolute Gasteiger partial charge is 0.472 e. The predicted octanol–water partition coefficient (Wildman–Crippen LogP) is 27.5. The highest BCUT2D eigenvalue weighted by molar-refractivity contribution is 7.47. The van der Waals surface area contributed by atoms with Gasteiger partial charge in [-0.1, -0.05) is 433 Å². The van der Waals surface area contributed by atoms with Gasteiger partial charge in [-0.05, 0) is 31.6 Å². The van der Waals surface area contributed by atoms with Crippen LogP contribution in [0.3, 0.4) is 0 Å². The molecule has 0 radical (unpaired) electrons. The predicted molar refractivity (Wildman–Crippen MR) is 446 cm³/mol. The minimum atomic E-state index is -4.97. The molecule has 19 heteroatoms. The van der Waals surface area contributed by atoms with E-state index in [0.29, 0.717) is 25.7 Å². The van der Waals surface area contributed by atoms with Gasteiger partial charge >= 0.3 is 39.5 Å². The maximum absolute atomic E-state index is 13.2. The Morgan fingerprint density at radius 3 is 0.630 bits per heavy atom. The summed E-state index contributed by atoms with van der Waals surface area (Å²) < 4.78 is 69.0. The molecular weight excluding hydrogens is 1400 g/mol. The van der Waals surface area contributed by atoms with Crippen LogP contribution in [0.4, 0.5) is 0 Å². The van der Waals surface area contributed by atoms with E-state index in [1.807, 2.05) is 0 Å². The van der Waals surface area contributed by atoms with Crippen molar-refractivity contribution in [3.8, 4) is 0 Å². The zero-order valence-corrected chi connectivity index (χ0v) is 72.8.